The molecule has 0 heterocycles. The van der Waals surface area contributed by atoms with Gasteiger partial charge in [0.2, 0.25) is 0 Å². The van der Waals surface area contributed by atoms with Crippen molar-refractivity contribution in [3.8, 4) is 11.8 Å². The molecule has 2 aromatic carbocycles. The third kappa shape index (κ3) is 6.35. The molecule has 0 aliphatic heterocycles. The highest BCUT2D eigenvalue weighted by molar-refractivity contribution is 7.88. The molecule has 170 valence electrons. The zero-order valence-corrected chi connectivity index (χ0v) is 17.9. The van der Waals surface area contributed by atoms with Crippen molar-refractivity contribution in [2.45, 2.75) is 12.4 Å². The molecule has 32 heavy (non-hydrogen) atoms. The molecule has 0 saturated carbocycles. The van der Waals surface area contributed by atoms with Gasteiger partial charge >= 0.3 is 21.7 Å². The molecular weight excluding hydrogens is 475 g/mol. The van der Waals surface area contributed by atoms with Crippen molar-refractivity contribution < 1.29 is 35.3 Å². The number of ether oxygens (including phenoxy) is 1. The van der Waals surface area contributed by atoms with Crippen LogP contribution in [0.3, 0.4) is 0 Å². The minimum atomic E-state index is -5.84. The van der Waals surface area contributed by atoms with E-state index in [9.17, 15) is 26.4 Å². The van der Waals surface area contributed by atoms with Gasteiger partial charge in [0, 0.05) is 16.1 Å². The number of nitriles is 1. The molecule has 1 amide bonds. The SMILES string of the molecule is CCOC(=O)N(CC#N)N=C(c1ccc(Cl)cc1)c1ccc(OS(=O)(=O)C(F)(F)F)cc1. The van der Waals surface area contributed by atoms with E-state index in [2.05, 4.69) is 9.28 Å². The van der Waals surface area contributed by atoms with Crippen LogP contribution in [0.4, 0.5) is 18.0 Å². The lowest BCUT2D eigenvalue weighted by atomic mass is 10.0. The summed E-state index contributed by atoms with van der Waals surface area (Å²) in [6, 6.07) is 12.4. The Morgan fingerprint density at radius 2 is 1.66 bits per heavy atom. The standard InChI is InChI=1S/C19H15ClF3N3O5S/c1-2-30-18(27)26(12-11-24)25-17(13-3-7-15(20)8-4-13)14-5-9-16(10-6-14)31-32(28,29)19(21,22)23/h3-10H,2,12H2,1H3. The average molecular weight is 490 g/mol. The summed E-state index contributed by atoms with van der Waals surface area (Å²) < 4.78 is 68.8. The number of hydrazone groups is 1. The second kappa shape index (κ2) is 10.3. The molecule has 0 radical (unpaired) electrons. The van der Waals surface area contributed by atoms with Crippen LogP contribution in [0.15, 0.2) is 53.6 Å². The number of rotatable bonds is 7. The van der Waals surface area contributed by atoms with Crippen LogP contribution >= 0.6 is 11.6 Å². The Kier molecular flexibility index (Phi) is 8.07. The summed E-state index contributed by atoms with van der Waals surface area (Å²) in [5, 5.41) is 14.4. The lowest BCUT2D eigenvalue weighted by Crippen LogP contribution is -2.29. The first-order valence-electron chi connectivity index (χ1n) is 8.75. The molecule has 0 aromatic heterocycles. The summed E-state index contributed by atoms with van der Waals surface area (Å²) in [6.07, 6.45) is -0.892. The van der Waals surface area contributed by atoms with Gasteiger partial charge in [-0.15, -0.1) is 0 Å². The van der Waals surface area contributed by atoms with E-state index >= 15 is 0 Å². The van der Waals surface area contributed by atoms with Crippen molar-refractivity contribution in [3.05, 3.63) is 64.7 Å². The van der Waals surface area contributed by atoms with Crippen LogP contribution in [0.25, 0.3) is 0 Å². The normalized spacial score (nSPS) is 12.1. The molecule has 13 heteroatoms. The van der Waals surface area contributed by atoms with Crippen LogP contribution in [-0.4, -0.2) is 43.9 Å². The highest BCUT2D eigenvalue weighted by atomic mass is 35.5. The van der Waals surface area contributed by atoms with Gasteiger partial charge in [0.25, 0.3) is 0 Å². The fraction of sp³-hybridized carbons (Fsp3) is 0.211. The Hall–Kier alpha value is -3.30. The largest absolute Gasteiger partial charge is 0.534 e. The minimum absolute atomic E-state index is 0.0340. The second-order valence-corrected chi connectivity index (χ2v) is 7.85. The van der Waals surface area contributed by atoms with Gasteiger partial charge in [-0.3, -0.25) is 0 Å². The summed E-state index contributed by atoms with van der Waals surface area (Å²) in [4.78, 5) is 12.1. The zero-order chi connectivity index (χ0) is 23.9. The first kappa shape index (κ1) is 25.0. The lowest BCUT2D eigenvalue weighted by Gasteiger charge is -2.16. The van der Waals surface area contributed by atoms with Crippen molar-refractivity contribution in [2.24, 2.45) is 5.10 Å². The van der Waals surface area contributed by atoms with Crippen molar-refractivity contribution in [3.63, 3.8) is 0 Å². The fourth-order valence-corrected chi connectivity index (χ4v) is 2.84. The van der Waals surface area contributed by atoms with E-state index in [1.165, 1.54) is 12.1 Å². The Morgan fingerprint density at radius 1 is 1.12 bits per heavy atom. The van der Waals surface area contributed by atoms with Gasteiger partial charge in [-0.25, -0.2) is 4.79 Å². The molecule has 0 aliphatic carbocycles. The van der Waals surface area contributed by atoms with Crippen LogP contribution in [-0.2, 0) is 14.9 Å². The summed E-state index contributed by atoms with van der Waals surface area (Å²) in [5.41, 5.74) is -4.73. The molecular formula is C19H15ClF3N3O5S. The van der Waals surface area contributed by atoms with E-state index in [4.69, 9.17) is 21.6 Å². The van der Waals surface area contributed by atoms with Gasteiger partial charge < -0.3 is 8.92 Å². The number of hydrogen-bond donors (Lipinski definition) is 0. The lowest BCUT2D eigenvalue weighted by molar-refractivity contribution is -0.0500. The molecule has 0 fully saturated rings. The maximum Gasteiger partial charge on any atom is 0.534 e. The number of carbonyl (C=O) groups excluding carboxylic acids is 1. The number of benzene rings is 2. The van der Waals surface area contributed by atoms with E-state index in [-0.39, 0.29) is 17.9 Å². The summed E-state index contributed by atoms with van der Waals surface area (Å²) in [7, 11) is -5.84. The molecule has 0 N–H and O–H groups in total. The van der Waals surface area contributed by atoms with Gasteiger partial charge in [0.05, 0.1) is 18.4 Å². The molecule has 0 aliphatic rings. The summed E-state index contributed by atoms with van der Waals surface area (Å²) in [5.74, 6) is -0.583. The first-order valence-corrected chi connectivity index (χ1v) is 10.5. The maximum absolute atomic E-state index is 12.5. The zero-order valence-electron chi connectivity index (χ0n) is 16.3. The highest BCUT2D eigenvalue weighted by Gasteiger charge is 2.48. The number of halogens is 4. The second-order valence-electron chi connectivity index (χ2n) is 5.88. The van der Waals surface area contributed by atoms with Crippen molar-refractivity contribution in [1.29, 1.82) is 5.26 Å². The van der Waals surface area contributed by atoms with E-state index in [0.29, 0.717) is 10.6 Å². The summed E-state index contributed by atoms with van der Waals surface area (Å²) >= 11 is 5.90. The number of carbonyl (C=O) groups is 1. The number of nitrogens with zero attached hydrogens (tertiary/aromatic N) is 3. The third-order valence-corrected chi connectivity index (χ3v) is 4.89. The molecule has 8 nitrogen and oxygen atoms in total. The van der Waals surface area contributed by atoms with Gasteiger partial charge in [0.15, 0.2) is 0 Å². The van der Waals surface area contributed by atoms with E-state index in [0.717, 1.165) is 17.1 Å². The first-order chi connectivity index (χ1) is 15.0. The Balaban J connectivity index is 2.49. The van der Waals surface area contributed by atoms with Crippen LogP contribution in [0, 0.1) is 11.3 Å². The third-order valence-electron chi connectivity index (χ3n) is 3.65. The summed E-state index contributed by atoms with van der Waals surface area (Å²) in [6.45, 7) is 1.16. The molecule has 0 unspecified atom stereocenters. The predicted molar refractivity (Wildman–Crippen MR) is 108 cm³/mol. The molecule has 2 rings (SSSR count). The van der Waals surface area contributed by atoms with Crippen molar-refractivity contribution >= 4 is 33.5 Å². The Labute approximate surface area is 186 Å². The van der Waals surface area contributed by atoms with Crippen LogP contribution < -0.4 is 4.18 Å². The Morgan fingerprint density at radius 3 is 2.12 bits per heavy atom. The van der Waals surface area contributed by atoms with Crippen molar-refractivity contribution in [2.75, 3.05) is 13.2 Å². The highest BCUT2D eigenvalue weighted by Crippen LogP contribution is 2.27. The van der Waals surface area contributed by atoms with Crippen molar-refractivity contribution in [1.82, 2.24) is 5.01 Å². The number of amides is 1. The van der Waals surface area contributed by atoms with Gasteiger partial charge in [-0.2, -0.15) is 37.0 Å². The fourth-order valence-electron chi connectivity index (χ4n) is 2.26. The smallest absolute Gasteiger partial charge is 0.448 e. The topological polar surface area (TPSA) is 109 Å². The van der Waals surface area contributed by atoms with Crippen LogP contribution in [0.5, 0.6) is 5.75 Å². The van der Waals surface area contributed by atoms with Gasteiger partial charge in [0.1, 0.15) is 12.3 Å². The minimum Gasteiger partial charge on any atom is -0.448 e. The molecule has 0 atom stereocenters. The maximum atomic E-state index is 12.5. The Bertz CT molecular complexity index is 1130. The number of alkyl halides is 3. The van der Waals surface area contributed by atoms with E-state index in [1.807, 2.05) is 0 Å². The monoisotopic (exact) mass is 489 g/mol. The van der Waals surface area contributed by atoms with Crippen LogP contribution in [0.2, 0.25) is 5.02 Å². The quantitative estimate of drug-likeness (QED) is 0.188. The molecule has 0 spiro atoms. The predicted octanol–water partition coefficient (Wildman–Crippen LogP) is 4.30. The molecule has 2 aromatic rings. The van der Waals surface area contributed by atoms with Gasteiger partial charge in [-0.1, -0.05) is 23.7 Å². The van der Waals surface area contributed by atoms with E-state index < -0.39 is 34.0 Å². The molecule has 0 saturated heterocycles. The number of hydrogen-bond acceptors (Lipinski definition) is 7. The van der Waals surface area contributed by atoms with Crippen LogP contribution in [0.1, 0.15) is 18.1 Å². The molecule has 0 bridgehead atoms. The van der Waals surface area contributed by atoms with Gasteiger partial charge in [-0.05, 0) is 43.3 Å². The van der Waals surface area contributed by atoms with E-state index in [1.54, 1.807) is 37.3 Å². The average Bonchev–Trinajstić information content (AvgIpc) is 2.72.